The molecular formula is C12H14F5N. The van der Waals surface area contributed by atoms with E-state index in [1.807, 2.05) is 0 Å². The third-order valence-corrected chi connectivity index (χ3v) is 2.46. The van der Waals surface area contributed by atoms with Crippen LogP contribution in [0.15, 0.2) is 18.2 Å². The van der Waals surface area contributed by atoms with E-state index in [-0.39, 0.29) is 19.3 Å². The predicted octanol–water partition coefficient (Wildman–Crippen LogP) is 3.57. The van der Waals surface area contributed by atoms with Crippen LogP contribution in [-0.4, -0.2) is 12.2 Å². The van der Waals surface area contributed by atoms with E-state index in [4.69, 9.17) is 5.73 Å². The van der Waals surface area contributed by atoms with Gasteiger partial charge in [0.2, 0.25) is 0 Å². The maximum Gasteiger partial charge on any atom is 0.389 e. The molecule has 18 heavy (non-hydrogen) atoms. The lowest BCUT2D eigenvalue weighted by molar-refractivity contribution is -0.135. The van der Waals surface area contributed by atoms with Gasteiger partial charge >= 0.3 is 6.18 Å². The van der Waals surface area contributed by atoms with Gasteiger partial charge in [0.05, 0.1) is 0 Å². The normalized spacial score (nSPS) is 13.7. The Labute approximate surface area is 102 Å². The van der Waals surface area contributed by atoms with Gasteiger partial charge in [-0.25, -0.2) is 8.78 Å². The molecule has 2 N–H and O–H groups in total. The van der Waals surface area contributed by atoms with Crippen LogP contribution in [-0.2, 0) is 6.42 Å². The van der Waals surface area contributed by atoms with E-state index < -0.39 is 30.3 Å². The van der Waals surface area contributed by atoms with Crippen LogP contribution < -0.4 is 5.73 Å². The molecule has 6 heteroatoms. The fourth-order valence-electron chi connectivity index (χ4n) is 1.70. The average molecular weight is 267 g/mol. The van der Waals surface area contributed by atoms with Gasteiger partial charge in [0.1, 0.15) is 11.6 Å². The fraction of sp³-hybridized carbons (Fsp3) is 0.500. The maximum absolute atomic E-state index is 12.9. The number of halogens is 5. The van der Waals surface area contributed by atoms with Gasteiger partial charge in [-0.3, -0.25) is 0 Å². The first-order chi connectivity index (χ1) is 8.26. The quantitative estimate of drug-likeness (QED) is 0.811. The molecule has 102 valence electrons. The molecule has 0 aliphatic carbocycles. The summed E-state index contributed by atoms with van der Waals surface area (Å²) in [5.41, 5.74) is 5.98. The van der Waals surface area contributed by atoms with E-state index >= 15 is 0 Å². The number of alkyl halides is 3. The summed E-state index contributed by atoms with van der Waals surface area (Å²) in [5, 5.41) is 0. The van der Waals surface area contributed by atoms with E-state index in [0.717, 1.165) is 18.2 Å². The lowest BCUT2D eigenvalue weighted by Gasteiger charge is -2.12. The Balaban J connectivity index is 2.42. The Morgan fingerprint density at radius 3 is 2.11 bits per heavy atom. The Hall–Kier alpha value is -1.17. The van der Waals surface area contributed by atoms with Gasteiger partial charge in [0, 0.05) is 18.5 Å². The third-order valence-electron chi connectivity index (χ3n) is 2.46. The molecule has 1 nitrogen and oxygen atoms in total. The van der Waals surface area contributed by atoms with Crippen molar-refractivity contribution in [1.82, 2.24) is 0 Å². The molecule has 0 bridgehead atoms. The molecule has 0 amide bonds. The van der Waals surface area contributed by atoms with Crippen LogP contribution >= 0.6 is 0 Å². The molecule has 1 unspecified atom stereocenters. The second-order valence-corrected chi connectivity index (χ2v) is 4.25. The first kappa shape index (κ1) is 14.9. The van der Waals surface area contributed by atoms with Crippen molar-refractivity contribution in [2.45, 2.75) is 37.9 Å². The van der Waals surface area contributed by atoms with Crippen LogP contribution in [0.5, 0.6) is 0 Å². The topological polar surface area (TPSA) is 26.0 Å². The molecule has 1 atom stereocenters. The Morgan fingerprint density at radius 1 is 1.06 bits per heavy atom. The van der Waals surface area contributed by atoms with Crippen molar-refractivity contribution in [2.24, 2.45) is 5.73 Å². The molecular weight excluding hydrogens is 253 g/mol. The summed E-state index contributed by atoms with van der Waals surface area (Å²) < 4.78 is 61.4. The lowest BCUT2D eigenvalue weighted by Crippen LogP contribution is -2.23. The minimum Gasteiger partial charge on any atom is -0.327 e. The molecule has 0 saturated carbocycles. The van der Waals surface area contributed by atoms with Crippen molar-refractivity contribution in [3.8, 4) is 0 Å². The minimum absolute atomic E-state index is 0.0809. The summed E-state index contributed by atoms with van der Waals surface area (Å²) in [7, 11) is 0. The summed E-state index contributed by atoms with van der Waals surface area (Å²) in [4.78, 5) is 0. The van der Waals surface area contributed by atoms with Crippen molar-refractivity contribution in [1.29, 1.82) is 0 Å². The van der Waals surface area contributed by atoms with Crippen molar-refractivity contribution in [2.75, 3.05) is 0 Å². The molecule has 0 fully saturated rings. The summed E-state index contributed by atoms with van der Waals surface area (Å²) in [5.74, 6) is -1.43. The standard InChI is InChI=1S/C12H14F5N/c13-9-4-8(5-10(14)7-9)6-11(18)2-1-3-12(15,16)17/h4-5,7,11H,1-3,6,18H2. The second kappa shape index (κ2) is 6.13. The van der Waals surface area contributed by atoms with Crippen molar-refractivity contribution >= 4 is 0 Å². The maximum atomic E-state index is 12.9. The third kappa shape index (κ3) is 5.95. The van der Waals surface area contributed by atoms with Crippen molar-refractivity contribution in [3.05, 3.63) is 35.4 Å². The van der Waals surface area contributed by atoms with Crippen LogP contribution in [0.4, 0.5) is 22.0 Å². The zero-order chi connectivity index (χ0) is 13.8. The van der Waals surface area contributed by atoms with Gasteiger partial charge in [0.25, 0.3) is 0 Å². The van der Waals surface area contributed by atoms with E-state index in [1.165, 1.54) is 0 Å². The minimum atomic E-state index is -4.19. The molecule has 1 aromatic rings. The predicted molar refractivity (Wildman–Crippen MR) is 57.9 cm³/mol. The molecule has 1 aromatic carbocycles. The van der Waals surface area contributed by atoms with Crippen molar-refractivity contribution in [3.63, 3.8) is 0 Å². The van der Waals surface area contributed by atoms with Crippen LogP contribution in [0.3, 0.4) is 0 Å². The SMILES string of the molecule is NC(CCCC(F)(F)F)Cc1cc(F)cc(F)c1. The van der Waals surface area contributed by atoms with Gasteiger partial charge in [-0.05, 0) is 37.0 Å². The highest BCUT2D eigenvalue weighted by Gasteiger charge is 2.26. The highest BCUT2D eigenvalue weighted by Crippen LogP contribution is 2.23. The Morgan fingerprint density at radius 2 is 1.61 bits per heavy atom. The Bertz CT molecular complexity index is 368. The number of hydrogen-bond donors (Lipinski definition) is 1. The van der Waals surface area contributed by atoms with Gasteiger partial charge < -0.3 is 5.73 Å². The first-order valence-corrected chi connectivity index (χ1v) is 5.53. The summed E-state index contributed by atoms with van der Waals surface area (Å²) in [6.45, 7) is 0. The number of rotatable bonds is 5. The monoisotopic (exact) mass is 267 g/mol. The summed E-state index contributed by atoms with van der Waals surface area (Å²) in [6, 6.07) is 2.46. The molecule has 0 saturated heterocycles. The average Bonchev–Trinajstić information content (AvgIpc) is 2.12. The van der Waals surface area contributed by atoms with Gasteiger partial charge in [0.15, 0.2) is 0 Å². The van der Waals surface area contributed by atoms with E-state index in [1.54, 1.807) is 0 Å². The van der Waals surface area contributed by atoms with Crippen LogP contribution in [0.1, 0.15) is 24.8 Å². The number of nitrogens with two attached hydrogens (primary N) is 1. The Kier molecular flexibility index (Phi) is 5.07. The molecule has 1 rings (SSSR count). The number of benzene rings is 1. The van der Waals surface area contributed by atoms with E-state index in [9.17, 15) is 22.0 Å². The van der Waals surface area contributed by atoms with Crippen LogP contribution in [0, 0.1) is 11.6 Å². The molecule has 0 aliphatic rings. The fourth-order valence-corrected chi connectivity index (χ4v) is 1.70. The lowest BCUT2D eigenvalue weighted by atomic mass is 10.0. The summed E-state index contributed by atoms with van der Waals surface area (Å²) in [6.07, 6.45) is -4.84. The zero-order valence-electron chi connectivity index (χ0n) is 9.61. The number of hydrogen-bond acceptors (Lipinski definition) is 1. The second-order valence-electron chi connectivity index (χ2n) is 4.25. The smallest absolute Gasteiger partial charge is 0.327 e. The van der Waals surface area contributed by atoms with Crippen molar-refractivity contribution < 1.29 is 22.0 Å². The molecule has 0 radical (unpaired) electrons. The van der Waals surface area contributed by atoms with Crippen LogP contribution in [0.2, 0.25) is 0 Å². The van der Waals surface area contributed by atoms with Gasteiger partial charge in [-0.1, -0.05) is 0 Å². The summed E-state index contributed by atoms with van der Waals surface area (Å²) >= 11 is 0. The first-order valence-electron chi connectivity index (χ1n) is 5.53. The molecule has 0 aliphatic heterocycles. The van der Waals surface area contributed by atoms with Gasteiger partial charge in [-0.15, -0.1) is 0 Å². The van der Waals surface area contributed by atoms with E-state index in [0.29, 0.717) is 5.56 Å². The van der Waals surface area contributed by atoms with Crippen LogP contribution in [0.25, 0.3) is 0 Å². The largest absolute Gasteiger partial charge is 0.389 e. The molecule has 0 heterocycles. The van der Waals surface area contributed by atoms with Gasteiger partial charge in [-0.2, -0.15) is 13.2 Å². The van der Waals surface area contributed by atoms with E-state index in [2.05, 4.69) is 0 Å². The highest BCUT2D eigenvalue weighted by molar-refractivity contribution is 5.18. The highest BCUT2D eigenvalue weighted by atomic mass is 19.4. The zero-order valence-corrected chi connectivity index (χ0v) is 9.61. The molecule has 0 spiro atoms. The molecule has 0 aromatic heterocycles.